The number of aromatic nitrogens is 2. The van der Waals surface area contributed by atoms with Crippen molar-refractivity contribution < 1.29 is 0 Å². The summed E-state index contributed by atoms with van der Waals surface area (Å²) < 4.78 is 2.42. The van der Waals surface area contributed by atoms with Crippen LogP contribution in [0.4, 0.5) is 0 Å². The molecule has 0 aliphatic carbocycles. The van der Waals surface area contributed by atoms with Gasteiger partial charge in [-0.05, 0) is 61.3 Å². The maximum Gasteiger partial charge on any atom is 0.0939 e. The molecule has 2 aromatic carbocycles. The Hall–Kier alpha value is -3.69. The van der Waals surface area contributed by atoms with E-state index in [4.69, 9.17) is 4.98 Å². The summed E-state index contributed by atoms with van der Waals surface area (Å²) in [6.45, 7) is 2.19. The van der Waals surface area contributed by atoms with Gasteiger partial charge in [0.2, 0.25) is 0 Å². The normalized spacial score (nSPS) is 15.4. The van der Waals surface area contributed by atoms with Gasteiger partial charge in [0.1, 0.15) is 0 Å². The smallest absolute Gasteiger partial charge is 0.0939 e. The summed E-state index contributed by atoms with van der Waals surface area (Å²) in [5.74, 6) is 0. The zero-order valence-corrected chi connectivity index (χ0v) is 19.3. The van der Waals surface area contributed by atoms with Gasteiger partial charge in [0.25, 0.3) is 0 Å². The molecule has 0 unspecified atom stereocenters. The monoisotopic (exact) mass is 443 g/mol. The highest BCUT2D eigenvalue weighted by molar-refractivity contribution is 5.97. The molecule has 0 N–H and O–H groups in total. The van der Waals surface area contributed by atoms with Crippen molar-refractivity contribution in [3.05, 3.63) is 121 Å². The lowest BCUT2D eigenvalue weighted by molar-refractivity contribution is 0.181. The van der Waals surface area contributed by atoms with Gasteiger partial charge in [-0.25, -0.2) is 0 Å². The molecule has 1 aliphatic heterocycles. The van der Waals surface area contributed by atoms with E-state index in [1.165, 1.54) is 52.7 Å². The molecule has 0 spiro atoms. The summed E-state index contributed by atoms with van der Waals surface area (Å²) in [4.78, 5) is 7.54. The number of rotatable bonds is 5. The Kier molecular flexibility index (Phi) is 5.70. The van der Waals surface area contributed by atoms with E-state index in [2.05, 4.69) is 106 Å². The Labute approximate surface area is 201 Å². The van der Waals surface area contributed by atoms with E-state index in [0.717, 1.165) is 18.8 Å². The van der Waals surface area contributed by atoms with Crippen LogP contribution >= 0.6 is 0 Å². The average molecular weight is 444 g/mol. The number of fused-ring (bicyclic) bond motifs is 1. The first-order valence-corrected chi connectivity index (χ1v) is 12.3. The number of likely N-dealkylation sites (tertiary alicyclic amines) is 1. The van der Waals surface area contributed by atoms with Gasteiger partial charge >= 0.3 is 0 Å². The molecule has 0 saturated carbocycles. The Morgan fingerprint density at radius 2 is 1.26 bits per heavy atom. The molecule has 0 radical (unpaired) electrons. The van der Waals surface area contributed by atoms with E-state index in [9.17, 15) is 0 Å². The van der Waals surface area contributed by atoms with Crippen molar-refractivity contribution in [3.8, 4) is 22.3 Å². The number of pyridine rings is 2. The fourth-order valence-corrected chi connectivity index (χ4v) is 5.51. The molecule has 6 rings (SSSR count). The summed E-state index contributed by atoms with van der Waals surface area (Å²) >= 11 is 0. The van der Waals surface area contributed by atoms with Crippen LogP contribution in [0.3, 0.4) is 0 Å². The molecule has 3 aromatic heterocycles. The van der Waals surface area contributed by atoms with Gasteiger partial charge in [0.15, 0.2) is 0 Å². The van der Waals surface area contributed by atoms with E-state index in [-0.39, 0.29) is 6.04 Å². The Balaban J connectivity index is 1.71. The second kappa shape index (κ2) is 9.28. The standard InChI is InChI=1S/C31H29N3/c1-4-14-24(15-5-1)28-27-19-9-13-23-34(27)31(29(28)25-16-6-2-7-17-25)30(26-18-8-10-20-32-26)33-21-11-3-12-22-33/h1-2,4-10,13-20,23,30H,3,11-12,21-22H2/t30-/m1/s1. The lowest BCUT2D eigenvalue weighted by atomic mass is 9.91. The molecule has 1 saturated heterocycles. The zero-order chi connectivity index (χ0) is 22.7. The molecule has 4 heterocycles. The van der Waals surface area contributed by atoms with Crippen LogP contribution in [-0.2, 0) is 0 Å². The van der Waals surface area contributed by atoms with Gasteiger partial charge in [0.05, 0.1) is 22.9 Å². The van der Waals surface area contributed by atoms with Crippen LogP contribution in [-0.4, -0.2) is 27.4 Å². The van der Waals surface area contributed by atoms with Crippen molar-refractivity contribution in [3.63, 3.8) is 0 Å². The van der Waals surface area contributed by atoms with Crippen LogP contribution in [0, 0.1) is 0 Å². The fourth-order valence-electron chi connectivity index (χ4n) is 5.51. The maximum atomic E-state index is 4.90. The van der Waals surface area contributed by atoms with E-state index in [0.29, 0.717) is 0 Å². The molecule has 1 aliphatic rings. The summed E-state index contributed by atoms with van der Waals surface area (Å²) in [6, 6.07) is 34.7. The van der Waals surface area contributed by atoms with Gasteiger partial charge in [0, 0.05) is 23.5 Å². The van der Waals surface area contributed by atoms with Crippen molar-refractivity contribution in [2.75, 3.05) is 13.1 Å². The molecule has 3 heteroatoms. The van der Waals surface area contributed by atoms with Gasteiger partial charge < -0.3 is 4.40 Å². The minimum atomic E-state index is 0.0871. The van der Waals surface area contributed by atoms with Crippen LogP contribution in [0.15, 0.2) is 109 Å². The molecule has 0 amide bonds. The molecule has 5 aromatic rings. The molecule has 34 heavy (non-hydrogen) atoms. The second-order valence-corrected chi connectivity index (χ2v) is 9.08. The first-order valence-electron chi connectivity index (χ1n) is 12.3. The van der Waals surface area contributed by atoms with Crippen molar-refractivity contribution in [1.29, 1.82) is 0 Å². The quantitative estimate of drug-likeness (QED) is 0.285. The number of benzene rings is 2. The molecule has 0 bridgehead atoms. The third kappa shape index (κ3) is 3.72. The predicted molar refractivity (Wildman–Crippen MR) is 140 cm³/mol. The van der Waals surface area contributed by atoms with Crippen molar-refractivity contribution in [2.45, 2.75) is 25.3 Å². The van der Waals surface area contributed by atoms with Gasteiger partial charge in [-0.1, -0.05) is 79.2 Å². The summed E-state index contributed by atoms with van der Waals surface area (Å²) in [5.41, 5.74) is 8.75. The predicted octanol–water partition coefficient (Wildman–Crippen LogP) is 7.24. The third-order valence-corrected chi connectivity index (χ3v) is 6.99. The lowest BCUT2D eigenvalue weighted by Crippen LogP contribution is -2.35. The SMILES string of the molecule is c1ccc(-c2c(-c3ccccc3)c3ccccn3c2[C@@H](c2ccccn2)N2CCCCC2)cc1. The minimum Gasteiger partial charge on any atom is -0.318 e. The molecular formula is C31H29N3. The van der Waals surface area contributed by atoms with Crippen molar-refractivity contribution in [1.82, 2.24) is 14.3 Å². The highest BCUT2D eigenvalue weighted by atomic mass is 15.2. The first-order chi connectivity index (χ1) is 16.9. The minimum absolute atomic E-state index is 0.0871. The molecule has 1 atom stereocenters. The topological polar surface area (TPSA) is 20.5 Å². The lowest BCUT2D eigenvalue weighted by Gasteiger charge is -2.35. The number of hydrogen-bond acceptors (Lipinski definition) is 2. The second-order valence-electron chi connectivity index (χ2n) is 9.08. The van der Waals surface area contributed by atoms with Crippen molar-refractivity contribution >= 4 is 5.52 Å². The van der Waals surface area contributed by atoms with Crippen LogP contribution in [0.25, 0.3) is 27.8 Å². The van der Waals surface area contributed by atoms with E-state index < -0.39 is 0 Å². The van der Waals surface area contributed by atoms with Gasteiger partial charge in [-0.2, -0.15) is 0 Å². The van der Waals surface area contributed by atoms with Crippen LogP contribution in [0.5, 0.6) is 0 Å². The van der Waals surface area contributed by atoms with Gasteiger partial charge in [-0.3, -0.25) is 9.88 Å². The van der Waals surface area contributed by atoms with Crippen molar-refractivity contribution in [2.24, 2.45) is 0 Å². The molecular weight excluding hydrogens is 414 g/mol. The highest BCUT2D eigenvalue weighted by Crippen LogP contribution is 2.45. The maximum absolute atomic E-state index is 4.90. The summed E-state index contributed by atoms with van der Waals surface area (Å²) in [6.07, 6.45) is 7.94. The fraction of sp³-hybridized carbons (Fsp3) is 0.194. The number of nitrogens with zero attached hydrogens (tertiary/aromatic N) is 3. The number of hydrogen-bond donors (Lipinski definition) is 0. The van der Waals surface area contributed by atoms with Crippen LogP contribution in [0.2, 0.25) is 0 Å². The third-order valence-electron chi connectivity index (χ3n) is 6.99. The Morgan fingerprint density at radius 3 is 1.94 bits per heavy atom. The molecule has 1 fully saturated rings. The van der Waals surface area contributed by atoms with Crippen LogP contribution < -0.4 is 0 Å². The average Bonchev–Trinajstić information content (AvgIpc) is 3.26. The van der Waals surface area contributed by atoms with E-state index in [1.54, 1.807) is 0 Å². The van der Waals surface area contributed by atoms with Crippen LogP contribution in [0.1, 0.15) is 36.7 Å². The summed E-state index contributed by atoms with van der Waals surface area (Å²) in [7, 11) is 0. The Bertz CT molecular complexity index is 1370. The van der Waals surface area contributed by atoms with E-state index in [1.807, 2.05) is 12.3 Å². The Morgan fingerprint density at radius 1 is 0.618 bits per heavy atom. The zero-order valence-electron chi connectivity index (χ0n) is 19.3. The highest BCUT2D eigenvalue weighted by Gasteiger charge is 2.32. The van der Waals surface area contributed by atoms with Gasteiger partial charge in [-0.15, -0.1) is 0 Å². The number of piperidine rings is 1. The first kappa shape index (κ1) is 20.9. The molecule has 168 valence electrons. The summed E-state index contributed by atoms with van der Waals surface area (Å²) in [5, 5.41) is 0. The largest absolute Gasteiger partial charge is 0.318 e. The molecule has 3 nitrogen and oxygen atoms in total. The van der Waals surface area contributed by atoms with E-state index >= 15 is 0 Å².